The van der Waals surface area contributed by atoms with Crippen molar-refractivity contribution in [3.8, 4) is 0 Å². The number of cyclic esters (lactones) is 2. The van der Waals surface area contributed by atoms with E-state index in [4.69, 9.17) is 0 Å². The van der Waals surface area contributed by atoms with E-state index >= 15 is 0 Å². The number of hydrogen-bond acceptors (Lipinski definition) is 3. The molecule has 0 aliphatic carbocycles. The summed E-state index contributed by atoms with van der Waals surface area (Å²) in [6.07, 6.45) is 61.4. The van der Waals surface area contributed by atoms with E-state index in [1.54, 1.807) is 0 Å². The summed E-state index contributed by atoms with van der Waals surface area (Å²) in [6.45, 7) is 2.31. The molecule has 0 aromatic carbocycles. The first-order valence-electron chi connectivity index (χ1n) is 24.0. The largest absolute Gasteiger partial charge is 0.393 e. The van der Waals surface area contributed by atoms with Gasteiger partial charge in [0.15, 0.2) is 0 Å². The molecule has 1 aliphatic rings. The summed E-state index contributed by atoms with van der Waals surface area (Å²) in [5.74, 6) is -0.788. The van der Waals surface area contributed by atoms with Gasteiger partial charge in [0.05, 0.1) is 12.3 Å². The van der Waals surface area contributed by atoms with Gasteiger partial charge >= 0.3 is 11.9 Å². The number of hydrogen-bond donors (Lipinski definition) is 0. The van der Waals surface area contributed by atoms with E-state index in [0.29, 0.717) is 6.42 Å². The standard InChI is InChI=1S/C48H92O3/c1-2-3-4-5-6-7-8-9-10-11-12-13-14-15-16-17-18-19-20-21-22-23-24-25-26-27-28-29-30-31-32-33-34-35-36-37-38-39-40-41-42-43-44-46-45-47(49)51-48(46)50/h46H,2-45H2,1H3. The Morgan fingerprint density at radius 2 is 0.529 bits per heavy atom. The topological polar surface area (TPSA) is 43.4 Å². The van der Waals surface area contributed by atoms with Crippen LogP contribution in [0.25, 0.3) is 0 Å². The van der Waals surface area contributed by atoms with Crippen LogP contribution in [-0.2, 0) is 14.3 Å². The molecular formula is C48H92O3. The minimum atomic E-state index is -0.336. The SMILES string of the molecule is CCCCCCCCCCCCCCCCCCCCCCCCCCCCCCCCCCCCCCCCCCCCC1CC(=O)OC1=O. The molecule has 1 fully saturated rings. The summed E-state index contributed by atoms with van der Waals surface area (Å²) in [6, 6.07) is 0. The van der Waals surface area contributed by atoms with E-state index in [9.17, 15) is 9.59 Å². The summed E-state index contributed by atoms with van der Waals surface area (Å²) >= 11 is 0. The maximum absolute atomic E-state index is 11.5. The van der Waals surface area contributed by atoms with Crippen LogP contribution < -0.4 is 0 Å². The Labute approximate surface area is 320 Å². The van der Waals surface area contributed by atoms with Crippen molar-refractivity contribution in [2.75, 3.05) is 0 Å². The van der Waals surface area contributed by atoms with Gasteiger partial charge in [0.25, 0.3) is 0 Å². The van der Waals surface area contributed by atoms with Crippen LogP contribution in [0.4, 0.5) is 0 Å². The Hall–Kier alpha value is -0.860. The second-order valence-electron chi connectivity index (χ2n) is 17.0. The summed E-state index contributed by atoms with van der Waals surface area (Å²) in [7, 11) is 0. The first kappa shape index (κ1) is 48.2. The fourth-order valence-corrected chi connectivity index (χ4v) is 8.28. The van der Waals surface area contributed by atoms with Gasteiger partial charge in [0.2, 0.25) is 0 Å². The first-order valence-corrected chi connectivity index (χ1v) is 24.0. The van der Waals surface area contributed by atoms with Gasteiger partial charge in [-0.2, -0.15) is 0 Å². The fraction of sp³-hybridized carbons (Fsp3) is 0.958. The van der Waals surface area contributed by atoms with E-state index in [0.717, 1.165) is 12.8 Å². The Kier molecular flexibility index (Phi) is 38.1. The van der Waals surface area contributed by atoms with Crippen molar-refractivity contribution >= 4 is 11.9 Å². The van der Waals surface area contributed by atoms with Crippen molar-refractivity contribution in [3.05, 3.63) is 0 Å². The number of esters is 2. The van der Waals surface area contributed by atoms with Crippen LogP contribution in [0.5, 0.6) is 0 Å². The molecule has 0 bridgehead atoms. The molecule has 51 heavy (non-hydrogen) atoms. The molecule has 0 saturated carbocycles. The number of carbonyl (C=O) groups excluding carboxylic acids is 2. The second-order valence-corrected chi connectivity index (χ2v) is 17.0. The van der Waals surface area contributed by atoms with Crippen LogP contribution in [-0.4, -0.2) is 11.9 Å². The normalized spacial score (nSPS) is 14.6. The van der Waals surface area contributed by atoms with Crippen LogP contribution in [0.1, 0.15) is 289 Å². The summed E-state index contributed by atoms with van der Waals surface area (Å²) in [5.41, 5.74) is 0. The van der Waals surface area contributed by atoms with Crippen molar-refractivity contribution in [1.29, 1.82) is 0 Å². The van der Waals surface area contributed by atoms with Crippen molar-refractivity contribution in [2.24, 2.45) is 5.92 Å². The minimum absolute atomic E-state index is 0.157. The average Bonchev–Trinajstić information content (AvgIpc) is 3.46. The third-order valence-electron chi connectivity index (χ3n) is 11.9. The predicted octanol–water partition coefficient (Wildman–Crippen LogP) is 16.9. The predicted molar refractivity (Wildman–Crippen MR) is 223 cm³/mol. The van der Waals surface area contributed by atoms with Gasteiger partial charge in [-0.05, 0) is 6.42 Å². The number of carbonyl (C=O) groups is 2. The molecule has 302 valence electrons. The lowest BCUT2D eigenvalue weighted by Crippen LogP contribution is -2.06. The van der Waals surface area contributed by atoms with Crippen LogP contribution in [0.3, 0.4) is 0 Å². The average molecular weight is 717 g/mol. The van der Waals surface area contributed by atoms with Gasteiger partial charge in [-0.1, -0.05) is 277 Å². The van der Waals surface area contributed by atoms with Crippen molar-refractivity contribution in [3.63, 3.8) is 0 Å². The second kappa shape index (κ2) is 40.3. The highest BCUT2D eigenvalue weighted by Gasteiger charge is 2.32. The van der Waals surface area contributed by atoms with E-state index in [2.05, 4.69) is 11.7 Å². The summed E-state index contributed by atoms with van der Waals surface area (Å²) < 4.78 is 4.63. The third kappa shape index (κ3) is 35.9. The highest BCUT2D eigenvalue weighted by atomic mass is 16.6. The number of rotatable bonds is 43. The fourth-order valence-electron chi connectivity index (χ4n) is 8.28. The van der Waals surface area contributed by atoms with E-state index < -0.39 is 0 Å². The van der Waals surface area contributed by atoms with Gasteiger partial charge in [-0.25, -0.2) is 0 Å². The van der Waals surface area contributed by atoms with Crippen LogP contribution >= 0.6 is 0 Å². The quantitative estimate of drug-likeness (QED) is 0.0358. The zero-order chi connectivity index (χ0) is 36.6. The Bertz CT molecular complexity index is 717. The van der Waals surface area contributed by atoms with Gasteiger partial charge in [0.1, 0.15) is 0 Å². The van der Waals surface area contributed by atoms with Crippen LogP contribution in [0.15, 0.2) is 0 Å². The Morgan fingerprint density at radius 1 is 0.333 bits per heavy atom. The summed E-state index contributed by atoms with van der Waals surface area (Å²) in [4.78, 5) is 22.6. The van der Waals surface area contributed by atoms with Gasteiger partial charge in [0, 0.05) is 0 Å². The lowest BCUT2D eigenvalue weighted by atomic mass is 9.98. The smallest absolute Gasteiger partial charge is 0.317 e. The summed E-state index contributed by atoms with van der Waals surface area (Å²) in [5, 5.41) is 0. The molecule has 1 rings (SSSR count). The molecule has 1 aliphatic heterocycles. The van der Waals surface area contributed by atoms with Crippen molar-refractivity contribution in [2.45, 2.75) is 289 Å². The van der Waals surface area contributed by atoms with E-state index in [1.807, 2.05) is 0 Å². The van der Waals surface area contributed by atoms with Crippen molar-refractivity contribution < 1.29 is 14.3 Å². The van der Waals surface area contributed by atoms with E-state index in [1.165, 1.54) is 263 Å². The molecule has 0 radical (unpaired) electrons. The molecule has 1 atom stereocenters. The molecule has 0 aromatic rings. The molecular weight excluding hydrogens is 625 g/mol. The molecule has 0 spiro atoms. The maximum Gasteiger partial charge on any atom is 0.317 e. The van der Waals surface area contributed by atoms with Gasteiger partial charge in [-0.3, -0.25) is 9.59 Å². The zero-order valence-corrected chi connectivity index (χ0v) is 34.9. The molecule has 0 amide bonds. The van der Waals surface area contributed by atoms with Gasteiger partial charge in [-0.15, -0.1) is 0 Å². The van der Waals surface area contributed by atoms with Crippen LogP contribution in [0.2, 0.25) is 0 Å². The zero-order valence-electron chi connectivity index (χ0n) is 34.9. The maximum atomic E-state index is 11.5. The number of unbranched alkanes of at least 4 members (excludes halogenated alkanes) is 41. The van der Waals surface area contributed by atoms with Gasteiger partial charge < -0.3 is 4.74 Å². The third-order valence-corrected chi connectivity index (χ3v) is 11.9. The van der Waals surface area contributed by atoms with Crippen molar-refractivity contribution in [1.82, 2.24) is 0 Å². The monoisotopic (exact) mass is 717 g/mol. The molecule has 0 N–H and O–H groups in total. The first-order chi connectivity index (χ1) is 25.2. The molecule has 1 saturated heterocycles. The lowest BCUT2D eigenvalue weighted by Gasteiger charge is -2.05. The highest BCUT2D eigenvalue weighted by Crippen LogP contribution is 2.23. The van der Waals surface area contributed by atoms with Crippen LogP contribution in [0, 0.1) is 5.92 Å². The molecule has 0 aromatic heterocycles. The highest BCUT2D eigenvalue weighted by molar-refractivity contribution is 5.94. The molecule has 3 nitrogen and oxygen atoms in total. The Morgan fingerprint density at radius 3 is 0.706 bits per heavy atom. The number of ether oxygens (including phenoxy) is 1. The lowest BCUT2D eigenvalue weighted by molar-refractivity contribution is -0.153. The minimum Gasteiger partial charge on any atom is -0.393 e. The molecule has 1 unspecified atom stereocenters. The van der Waals surface area contributed by atoms with E-state index in [-0.39, 0.29) is 17.9 Å². The molecule has 1 heterocycles. The molecule has 3 heteroatoms. The Balaban J connectivity index is 1.61.